The molecule has 4 nitrogen and oxygen atoms in total. The van der Waals surface area contributed by atoms with Gasteiger partial charge in [-0.25, -0.2) is 0 Å². The molecule has 0 aliphatic heterocycles. The van der Waals surface area contributed by atoms with Gasteiger partial charge in [0.2, 0.25) is 0 Å². The molecule has 0 aliphatic rings. The predicted octanol–water partition coefficient (Wildman–Crippen LogP) is 1.15. The lowest BCUT2D eigenvalue weighted by molar-refractivity contribution is 0.236. The van der Waals surface area contributed by atoms with Crippen LogP contribution in [0.3, 0.4) is 0 Å². The summed E-state index contributed by atoms with van der Waals surface area (Å²) in [6.07, 6.45) is 0. The molecule has 0 atom stereocenters. The largest absolute Gasteiger partial charge is 0.379 e. The van der Waals surface area contributed by atoms with Crippen LogP contribution in [0.15, 0.2) is 0 Å². The van der Waals surface area contributed by atoms with Gasteiger partial charge in [-0.15, -0.1) is 0 Å². The average Bonchev–Trinajstić information content (AvgIpc) is 1.99. The first-order chi connectivity index (χ1) is 5.39. The molecule has 12 heavy (non-hydrogen) atoms. The van der Waals surface area contributed by atoms with Gasteiger partial charge in [-0.2, -0.15) is 15.8 Å². The smallest absolute Gasteiger partial charge is 0.320 e. The topological polar surface area (TPSA) is 80.6 Å². The van der Waals surface area contributed by atoms with Crippen molar-refractivity contribution in [3.05, 3.63) is 0 Å². The Hall–Kier alpha value is -1.35. The third kappa shape index (κ3) is 2.71. The summed E-state index contributed by atoms with van der Waals surface area (Å²) < 4.78 is 5.13. The van der Waals surface area contributed by atoms with Crippen molar-refractivity contribution in [1.82, 2.24) is 0 Å². The van der Waals surface area contributed by atoms with Crippen molar-refractivity contribution in [2.45, 2.75) is 25.2 Å². The Morgan fingerprint density at radius 2 is 1.33 bits per heavy atom. The van der Waals surface area contributed by atoms with Crippen molar-refractivity contribution in [2.75, 3.05) is 0 Å². The van der Waals surface area contributed by atoms with Gasteiger partial charge in [-0.3, -0.25) is 0 Å². The van der Waals surface area contributed by atoms with Gasteiger partial charge in [0.15, 0.2) is 8.32 Å². The van der Waals surface area contributed by atoms with Gasteiger partial charge in [0.1, 0.15) is 18.2 Å². The number of nitrogens with zero attached hydrogens (tertiary/aromatic N) is 3. The summed E-state index contributed by atoms with van der Waals surface area (Å²) in [5.74, 6) is 0. The Bertz CT molecular complexity index is 250. The number of rotatable bonds is 2. The molecule has 5 heteroatoms. The molecule has 0 spiro atoms. The number of hydrogen-bond acceptors (Lipinski definition) is 4. The van der Waals surface area contributed by atoms with E-state index in [1.54, 1.807) is 18.2 Å². The van der Waals surface area contributed by atoms with E-state index in [4.69, 9.17) is 20.2 Å². The Balaban J connectivity index is 4.76. The van der Waals surface area contributed by atoms with Gasteiger partial charge in [0, 0.05) is 0 Å². The Kier molecular flexibility index (Phi) is 2.98. The van der Waals surface area contributed by atoms with Crippen molar-refractivity contribution in [2.24, 2.45) is 0 Å². The fourth-order valence-corrected chi connectivity index (χ4v) is 1.66. The molecule has 62 valence electrons. The Morgan fingerprint density at radius 1 is 1.00 bits per heavy atom. The highest BCUT2D eigenvalue weighted by atomic mass is 28.4. The summed E-state index contributed by atoms with van der Waals surface area (Å²) in [5, 5.41) is 25.6. The van der Waals surface area contributed by atoms with Crippen LogP contribution >= 0.6 is 0 Å². The highest BCUT2D eigenvalue weighted by Gasteiger charge is 2.36. The van der Waals surface area contributed by atoms with Gasteiger partial charge in [-0.1, -0.05) is 0 Å². The van der Waals surface area contributed by atoms with Crippen molar-refractivity contribution in [1.29, 1.82) is 15.8 Å². The van der Waals surface area contributed by atoms with Crippen LogP contribution in [0, 0.1) is 34.0 Å². The van der Waals surface area contributed by atoms with E-state index >= 15 is 0 Å². The first-order valence-corrected chi connectivity index (χ1v) is 6.74. The van der Waals surface area contributed by atoms with Crippen molar-refractivity contribution < 1.29 is 4.43 Å². The second-order valence-corrected chi connectivity index (χ2v) is 7.66. The maximum atomic E-state index is 8.54. The van der Waals surface area contributed by atoms with Crippen molar-refractivity contribution >= 4 is 8.32 Å². The normalized spacial score (nSPS) is 11.0. The van der Waals surface area contributed by atoms with E-state index in [0.29, 0.717) is 0 Å². The van der Waals surface area contributed by atoms with Gasteiger partial charge in [0.25, 0.3) is 0 Å². The molecule has 0 N–H and O–H groups in total. The van der Waals surface area contributed by atoms with Crippen LogP contribution in [-0.2, 0) is 4.43 Å². The lowest BCUT2D eigenvalue weighted by Crippen LogP contribution is -2.39. The molecule has 0 aromatic rings. The Morgan fingerprint density at radius 3 is 1.42 bits per heavy atom. The lowest BCUT2D eigenvalue weighted by atomic mass is 10.2. The van der Waals surface area contributed by atoms with Gasteiger partial charge in [0.05, 0.1) is 0 Å². The van der Waals surface area contributed by atoms with Crippen LogP contribution in [0.5, 0.6) is 0 Å². The van der Waals surface area contributed by atoms with Crippen LogP contribution in [0.2, 0.25) is 19.6 Å². The molecule has 0 fully saturated rings. The molecule has 0 heterocycles. The van der Waals surface area contributed by atoms with Gasteiger partial charge < -0.3 is 4.43 Å². The molecule has 0 aliphatic carbocycles. The molecular weight excluding hydrogens is 170 g/mol. The summed E-state index contributed by atoms with van der Waals surface area (Å²) in [6, 6.07) is 4.69. The van der Waals surface area contributed by atoms with Crippen molar-refractivity contribution in [3.63, 3.8) is 0 Å². The number of hydrogen-bond donors (Lipinski definition) is 0. The molecule has 0 radical (unpaired) electrons. The molecule has 0 unspecified atom stereocenters. The molecular formula is C7H9N3OSi. The van der Waals surface area contributed by atoms with Crippen LogP contribution in [0.25, 0.3) is 0 Å². The van der Waals surface area contributed by atoms with Gasteiger partial charge >= 0.3 is 5.60 Å². The lowest BCUT2D eigenvalue weighted by Gasteiger charge is -2.22. The van der Waals surface area contributed by atoms with E-state index < -0.39 is 13.9 Å². The van der Waals surface area contributed by atoms with Crippen molar-refractivity contribution in [3.8, 4) is 18.2 Å². The molecule has 0 aromatic carbocycles. The first-order valence-electron chi connectivity index (χ1n) is 3.33. The van der Waals surface area contributed by atoms with E-state index in [9.17, 15) is 0 Å². The molecule has 0 aromatic heterocycles. The highest BCUT2D eigenvalue weighted by molar-refractivity contribution is 6.69. The highest BCUT2D eigenvalue weighted by Crippen LogP contribution is 2.15. The third-order valence-electron chi connectivity index (χ3n) is 0.932. The third-order valence-corrected chi connectivity index (χ3v) is 1.85. The Labute approximate surface area is 72.7 Å². The molecule has 0 saturated heterocycles. The van der Waals surface area contributed by atoms with Crippen LogP contribution < -0.4 is 0 Å². The standard InChI is InChI=1S/C7H9N3OSi/c1-12(2,3)11-7(4-8,5-9)6-10/h1-3H3. The summed E-state index contributed by atoms with van der Waals surface area (Å²) in [6.45, 7) is 5.44. The van der Waals surface area contributed by atoms with Crippen LogP contribution in [-0.4, -0.2) is 13.9 Å². The second-order valence-electron chi connectivity index (χ2n) is 3.23. The summed E-state index contributed by atoms with van der Waals surface area (Å²) in [5.41, 5.74) is -1.91. The monoisotopic (exact) mass is 179 g/mol. The molecule has 0 amide bonds. The maximum absolute atomic E-state index is 8.54. The van der Waals surface area contributed by atoms with Gasteiger partial charge in [-0.05, 0) is 19.6 Å². The summed E-state index contributed by atoms with van der Waals surface area (Å²) >= 11 is 0. The summed E-state index contributed by atoms with van der Waals surface area (Å²) in [4.78, 5) is 0. The van der Waals surface area contributed by atoms with E-state index in [0.717, 1.165) is 0 Å². The molecule has 0 rings (SSSR count). The fraction of sp³-hybridized carbons (Fsp3) is 0.571. The minimum Gasteiger partial charge on any atom is -0.379 e. The maximum Gasteiger partial charge on any atom is 0.320 e. The second kappa shape index (κ2) is 3.36. The molecule has 0 saturated carbocycles. The zero-order chi connectivity index (χ0) is 9.83. The van der Waals surface area contributed by atoms with E-state index in [1.165, 1.54) is 0 Å². The summed E-state index contributed by atoms with van der Waals surface area (Å²) in [7, 11) is -2.02. The number of nitriles is 3. The first kappa shape index (κ1) is 10.6. The zero-order valence-corrected chi connectivity index (χ0v) is 8.25. The van der Waals surface area contributed by atoms with E-state index in [2.05, 4.69) is 0 Å². The zero-order valence-electron chi connectivity index (χ0n) is 7.25. The fourth-order valence-electron chi connectivity index (χ4n) is 0.603. The minimum atomic E-state index is -2.02. The van der Waals surface area contributed by atoms with E-state index in [-0.39, 0.29) is 0 Å². The average molecular weight is 179 g/mol. The predicted molar refractivity (Wildman–Crippen MR) is 44.0 cm³/mol. The van der Waals surface area contributed by atoms with Crippen LogP contribution in [0.4, 0.5) is 0 Å². The quantitative estimate of drug-likeness (QED) is 0.595. The van der Waals surface area contributed by atoms with E-state index in [1.807, 2.05) is 19.6 Å². The SMILES string of the molecule is C[Si](C)(C)OC(C#N)(C#N)C#N. The minimum absolute atomic E-state index is 1.56. The van der Waals surface area contributed by atoms with Crippen LogP contribution in [0.1, 0.15) is 0 Å². The molecule has 0 bridgehead atoms.